The molecule has 0 aromatic heterocycles. The molecule has 0 radical (unpaired) electrons. The van der Waals surface area contributed by atoms with Crippen LogP contribution in [-0.2, 0) is 0 Å². The molecule has 5 heteroatoms. The van der Waals surface area contributed by atoms with E-state index in [1.807, 2.05) is 19.1 Å². The van der Waals surface area contributed by atoms with Crippen LogP contribution in [0.3, 0.4) is 0 Å². The lowest BCUT2D eigenvalue weighted by Gasteiger charge is -2.21. The Hall–Kier alpha value is -1.62. The minimum Gasteiger partial charge on any atom is -0.496 e. The minimum absolute atomic E-state index is 0.347. The van der Waals surface area contributed by atoms with Gasteiger partial charge in [0.1, 0.15) is 11.6 Å². The van der Waals surface area contributed by atoms with Crippen molar-refractivity contribution >= 4 is 11.6 Å². The molecule has 0 aliphatic rings. The van der Waals surface area contributed by atoms with Crippen molar-refractivity contribution in [2.75, 3.05) is 7.11 Å². The highest BCUT2D eigenvalue weighted by atomic mass is 35.5. The van der Waals surface area contributed by atoms with Gasteiger partial charge in [0.2, 0.25) is 0 Å². The van der Waals surface area contributed by atoms with E-state index >= 15 is 0 Å². The second-order valence-corrected chi connectivity index (χ2v) is 4.92. The molecular weight excluding hydrogens is 279 g/mol. The minimum atomic E-state index is -0.403. The van der Waals surface area contributed by atoms with E-state index in [1.54, 1.807) is 12.1 Å². The Morgan fingerprint density at radius 2 is 1.95 bits per heavy atom. The zero-order valence-corrected chi connectivity index (χ0v) is 12.0. The van der Waals surface area contributed by atoms with Crippen molar-refractivity contribution in [3.05, 3.63) is 63.9 Å². The lowest BCUT2D eigenvalue weighted by Crippen LogP contribution is -2.29. The largest absolute Gasteiger partial charge is 0.496 e. The second kappa shape index (κ2) is 6.22. The fourth-order valence-electron chi connectivity index (χ4n) is 2.20. The first kappa shape index (κ1) is 14.8. The molecule has 2 rings (SSSR count). The number of nitrogens with two attached hydrogens (primary N) is 1. The van der Waals surface area contributed by atoms with E-state index in [0.717, 1.165) is 11.1 Å². The van der Waals surface area contributed by atoms with Crippen molar-refractivity contribution in [1.29, 1.82) is 0 Å². The predicted octanol–water partition coefficient (Wildman–Crippen LogP) is 3.35. The molecule has 0 heterocycles. The van der Waals surface area contributed by atoms with Gasteiger partial charge in [0.25, 0.3) is 0 Å². The number of hydrogen-bond donors (Lipinski definition) is 2. The Morgan fingerprint density at radius 3 is 2.60 bits per heavy atom. The number of hydrazine groups is 1. The van der Waals surface area contributed by atoms with Gasteiger partial charge in [-0.2, -0.15) is 0 Å². The number of rotatable bonds is 4. The molecule has 2 aromatic carbocycles. The van der Waals surface area contributed by atoms with E-state index in [1.165, 1.54) is 19.2 Å². The van der Waals surface area contributed by atoms with Crippen LogP contribution >= 0.6 is 11.6 Å². The van der Waals surface area contributed by atoms with Gasteiger partial charge in [0, 0.05) is 10.6 Å². The summed E-state index contributed by atoms with van der Waals surface area (Å²) in [6.45, 7) is 1.95. The first-order chi connectivity index (χ1) is 9.56. The zero-order chi connectivity index (χ0) is 14.7. The van der Waals surface area contributed by atoms with Gasteiger partial charge in [-0.15, -0.1) is 0 Å². The van der Waals surface area contributed by atoms with Gasteiger partial charge in [-0.3, -0.25) is 5.84 Å². The van der Waals surface area contributed by atoms with Crippen molar-refractivity contribution in [3.63, 3.8) is 0 Å². The molecular formula is C15H16ClFN2O. The average molecular weight is 295 g/mol. The topological polar surface area (TPSA) is 47.3 Å². The molecule has 0 saturated carbocycles. The maximum Gasteiger partial charge on any atom is 0.124 e. The normalized spacial score (nSPS) is 12.2. The van der Waals surface area contributed by atoms with Gasteiger partial charge in [-0.25, -0.2) is 9.82 Å². The average Bonchev–Trinajstić information content (AvgIpc) is 2.44. The maximum atomic E-state index is 13.5. The van der Waals surface area contributed by atoms with Crippen LogP contribution in [0.15, 0.2) is 36.4 Å². The molecule has 0 amide bonds. The first-order valence-corrected chi connectivity index (χ1v) is 6.50. The number of benzene rings is 2. The Morgan fingerprint density at radius 1 is 1.20 bits per heavy atom. The number of halogens is 2. The molecule has 0 saturated heterocycles. The highest BCUT2D eigenvalue weighted by Gasteiger charge is 2.19. The molecule has 3 nitrogen and oxygen atoms in total. The summed E-state index contributed by atoms with van der Waals surface area (Å²) in [5, 5.41) is 0.598. The third-order valence-corrected chi connectivity index (χ3v) is 3.46. The Balaban J connectivity index is 2.57. The summed E-state index contributed by atoms with van der Waals surface area (Å²) < 4.78 is 18.8. The summed E-state index contributed by atoms with van der Waals surface area (Å²) in [5.41, 5.74) is 5.21. The van der Waals surface area contributed by atoms with Crippen molar-refractivity contribution in [2.24, 2.45) is 5.84 Å². The van der Waals surface area contributed by atoms with E-state index < -0.39 is 6.04 Å². The van der Waals surface area contributed by atoms with Gasteiger partial charge in [-0.1, -0.05) is 17.7 Å². The van der Waals surface area contributed by atoms with Crippen LogP contribution in [0.5, 0.6) is 5.75 Å². The molecule has 1 unspecified atom stereocenters. The van der Waals surface area contributed by atoms with Gasteiger partial charge in [-0.05, 0) is 48.4 Å². The molecule has 106 valence electrons. The van der Waals surface area contributed by atoms with E-state index in [4.69, 9.17) is 22.2 Å². The Kier molecular flexibility index (Phi) is 4.60. The van der Waals surface area contributed by atoms with E-state index in [0.29, 0.717) is 16.3 Å². The third kappa shape index (κ3) is 2.93. The van der Waals surface area contributed by atoms with Crippen LogP contribution in [0.25, 0.3) is 0 Å². The Bertz CT molecular complexity index is 619. The van der Waals surface area contributed by atoms with Crippen molar-refractivity contribution in [1.82, 2.24) is 5.43 Å². The molecule has 3 N–H and O–H groups in total. The molecule has 0 bridgehead atoms. The summed E-state index contributed by atoms with van der Waals surface area (Å²) in [6, 6.07) is 9.44. The van der Waals surface area contributed by atoms with Crippen molar-refractivity contribution < 1.29 is 9.13 Å². The first-order valence-electron chi connectivity index (χ1n) is 6.12. The molecule has 0 spiro atoms. The SMILES string of the molecule is COc1ccc(F)cc1C(NN)c1cc(Cl)ccc1C. The summed E-state index contributed by atoms with van der Waals surface area (Å²) in [7, 11) is 1.54. The van der Waals surface area contributed by atoms with E-state index in [2.05, 4.69) is 5.43 Å². The lowest BCUT2D eigenvalue weighted by atomic mass is 9.94. The fraction of sp³-hybridized carbons (Fsp3) is 0.200. The van der Waals surface area contributed by atoms with Crippen LogP contribution < -0.4 is 16.0 Å². The van der Waals surface area contributed by atoms with Gasteiger partial charge < -0.3 is 4.74 Å². The number of nitrogens with one attached hydrogen (secondary N) is 1. The molecule has 1 atom stereocenters. The standard InChI is InChI=1S/C15H16ClFN2O/c1-9-3-4-10(16)7-12(9)15(19-18)13-8-11(17)5-6-14(13)20-2/h3-8,15,19H,18H2,1-2H3. The quantitative estimate of drug-likeness (QED) is 0.671. The highest BCUT2D eigenvalue weighted by Crippen LogP contribution is 2.32. The maximum absolute atomic E-state index is 13.5. The summed E-state index contributed by atoms with van der Waals surface area (Å²) in [6.07, 6.45) is 0. The number of methoxy groups -OCH3 is 1. The van der Waals surface area contributed by atoms with Gasteiger partial charge in [0.05, 0.1) is 13.2 Å². The number of ether oxygens (including phenoxy) is 1. The monoisotopic (exact) mass is 294 g/mol. The van der Waals surface area contributed by atoms with Crippen LogP contribution in [0.1, 0.15) is 22.7 Å². The van der Waals surface area contributed by atoms with E-state index in [-0.39, 0.29) is 5.82 Å². The predicted molar refractivity (Wildman–Crippen MR) is 78.3 cm³/mol. The zero-order valence-electron chi connectivity index (χ0n) is 11.3. The van der Waals surface area contributed by atoms with Crippen LogP contribution in [-0.4, -0.2) is 7.11 Å². The van der Waals surface area contributed by atoms with Crippen LogP contribution in [0.4, 0.5) is 4.39 Å². The second-order valence-electron chi connectivity index (χ2n) is 4.49. The molecule has 2 aromatic rings. The van der Waals surface area contributed by atoms with E-state index in [9.17, 15) is 4.39 Å². The molecule has 20 heavy (non-hydrogen) atoms. The molecule has 0 aliphatic heterocycles. The van der Waals surface area contributed by atoms with Crippen LogP contribution in [0.2, 0.25) is 5.02 Å². The molecule has 0 aliphatic carbocycles. The van der Waals surface area contributed by atoms with Crippen molar-refractivity contribution in [3.8, 4) is 5.75 Å². The summed E-state index contributed by atoms with van der Waals surface area (Å²) in [4.78, 5) is 0. The fourth-order valence-corrected chi connectivity index (χ4v) is 2.38. The summed E-state index contributed by atoms with van der Waals surface area (Å²) >= 11 is 6.04. The lowest BCUT2D eigenvalue weighted by molar-refractivity contribution is 0.402. The summed E-state index contributed by atoms with van der Waals surface area (Å²) in [5.74, 6) is 5.88. The van der Waals surface area contributed by atoms with Crippen molar-refractivity contribution in [2.45, 2.75) is 13.0 Å². The third-order valence-electron chi connectivity index (χ3n) is 3.22. The number of aryl methyl sites for hydroxylation is 1. The van der Waals surface area contributed by atoms with Gasteiger partial charge >= 0.3 is 0 Å². The van der Waals surface area contributed by atoms with Gasteiger partial charge in [0.15, 0.2) is 0 Å². The smallest absolute Gasteiger partial charge is 0.124 e. The highest BCUT2D eigenvalue weighted by molar-refractivity contribution is 6.30. The Labute approximate surface area is 122 Å². The molecule has 0 fully saturated rings. The number of hydrogen-bond acceptors (Lipinski definition) is 3. The van der Waals surface area contributed by atoms with Crippen LogP contribution in [0, 0.1) is 12.7 Å².